The summed E-state index contributed by atoms with van der Waals surface area (Å²) in [5.74, 6) is 1.80. The molecule has 1 aromatic heterocycles. The average molecular weight is 426 g/mol. The summed E-state index contributed by atoms with van der Waals surface area (Å²) in [5.41, 5.74) is 2.85. The van der Waals surface area contributed by atoms with Gasteiger partial charge in [0.15, 0.2) is 0 Å². The van der Waals surface area contributed by atoms with Crippen molar-refractivity contribution in [3.05, 3.63) is 65.4 Å². The maximum atomic E-state index is 12.7. The monoisotopic (exact) mass is 425 g/mol. The molecule has 6 heteroatoms. The van der Waals surface area contributed by atoms with E-state index in [4.69, 9.17) is 9.72 Å². The number of benzene rings is 2. The fourth-order valence-corrected chi connectivity index (χ4v) is 3.90. The van der Waals surface area contributed by atoms with Gasteiger partial charge >= 0.3 is 0 Å². The van der Waals surface area contributed by atoms with Gasteiger partial charge in [0.05, 0.1) is 24.7 Å². The zero-order chi connectivity index (χ0) is 19.0. The molecule has 0 saturated carbocycles. The molecule has 5 nitrogen and oxygen atoms in total. The molecule has 1 atom stereocenters. The van der Waals surface area contributed by atoms with E-state index in [0.717, 1.165) is 32.8 Å². The quantitative estimate of drug-likeness (QED) is 0.605. The Hall–Kier alpha value is -2.60. The third-order valence-corrected chi connectivity index (χ3v) is 5.12. The zero-order valence-electron chi connectivity index (χ0n) is 15.1. The van der Waals surface area contributed by atoms with Crippen LogP contribution in [0.25, 0.3) is 11.0 Å². The number of hydrogen-bond donors (Lipinski definition) is 0. The lowest BCUT2D eigenvalue weighted by Crippen LogP contribution is -2.24. The summed E-state index contributed by atoms with van der Waals surface area (Å²) >= 11 is 3.47. The van der Waals surface area contributed by atoms with E-state index >= 15 is 0 Å². The Morgan fingerprint density at radius 2 is 2.11 bits per heavy atom. The molecule has 1 aliphatic heterocycles. The number of carbonyl (C=O) groups is 1. The number of rotatable bonds is 5. The average Bonchev–Trinajstić information content (AvgIpc) is 3.22. The van der Waals surface area contributed by atoms with Crippen molar-refractivity contribution in [2.45, 2.75) is 18.9 Å². The van der Waals surface area contributed by atoms with Crippen LogP contribution >= 0.6 is 15.9 Å². The minimum atomic E-state index is 0.0305. The van der Waals surface area contributed by atoms with E-state index in [1.54, 1.807) is 7.11 Å². The van der Waals surface area contributed by atoms with Gasteiger partial charge in [-0.15, -0.1) is 0 Å². The summed E-state index contributed by atoms with van der Waals surface area (Å²) in [6.07, 6.45) is 0.440. The fourth-order valence-electron chi connectivity index (χ4n) is 3.65. The second-order valence-corrected chi connectivity index (χ2v) is 7.79. The van der Waals surface area contributed by atoms with E-state index < -0.39 is 0 Å². The molecule has 138 valence electrons. The summed E-state index contributed by atoms with van der Waals surface area (Å²) in [4.78, 5) is 19.4. The first-order chi connectivity index (χ1) is 13.1. The van der Waals surface area contributed by atoms with Crippen molar-refractivity contribution in [3.63, 3.8) is 0 Å². The highest BCUT2D eigenvalue weighted by atomic mass is 79.9. The number of fused-ring (bicyclic) bond motifs is 1. The van der Waals surface area contributed by atoms with Crippen LogP contribution in [0, 0.1) is 0 Å². The first-order valence-corrected chi connectivity index (χ1v) is 9.59. The van der Waals surface area contributed by atoms with E-state index in [0.29, 0.717) is 19.5 Å². The van der Waals surface area contributed by atoms with Gasteiger partial charge in [0.1, 0.15) is 11.6 Å². The summed E-state index contributed by atoms with van der Waals surface area (Å²) in [7, 11) is 1.63. The van der Waals surface area contributed by atoms with E-state index in [1.807, 2.05) is 47.4 Å². The lowest BCUT2D eigenvalue weighted by atomic mass is 10.1. The van der Waals surface area contributed by atoms with E-state index in [2.05, 4.69) is 33.1 Å². The van der Waals surface area contributed by atoms with Crippen LogP contribution in [0.1, 0.15) is 18.2 Å². The lowest BCUT2D eigenvalue weighted by Gasteiger charge is -2.18. The van der Waals surface area contributed by atoms with Crippen LogP contribution < -0.4 is 9.64 Å². The predicted molar refractivity (Wildman–Crippen MR) is 111 cm³/mol. The van der Waals surface area contributed by atoms with Gasteiger partial charge in [-0.3, -0.25) is 4.79 Å². The van der Waals surface area contributed by atoms with Gasteiger partial charge in [0.2, 0.25) is 5.91 Å². The summed E-state index contributed by atoms with van der Waals surface area (Å²) in [6.45, 7) is 5.20. The normalized spacial score (nSPS) is 16.9. The first kappa shape index (κ1) is 17.8. The van der Waals surface area contributed by atoms with Crippen LogP contribution in [0.15, 0.2) is 59.6 Å². The minimum absolute atomic E-state index is 0.0305. The van der Waals surface area contributed by atoms with Crippen molar-refractivity contribution >= 4 is 38.6 Å². The molecule has 1 amide bonds. The predicted octanol–water partition coefficient (Wildman–Crippen LogP) is 4.47. The van der Waals surface area contributed by atoms with Gasteiger partial charge in [-0.2, -0.15) is 0 Å². The summed E-state index contributed by atoms with van der Waals surface area (Å²) in [5, 5.41) is 0. The molecule has 0 N–H and O–H groups in total. The molecule has 2 aromatic carbocycles. The molecule has 27 heavy (non-hydrogen) atoms. The smallest absolute Gasteiger partial charge is 0.227 e. The van der Waals surface area contributed by atoms with Crippen molar-refractivity contribution in [1.82, 2.24) is 9.55 Å². The Kier molecular flexibility index (Phi) is 4.74. The first-order valence-electron chi connectivity index (χ1n) is 8.79. The Labute approximate surface area is 166 Å². The van der Waals surface area contributed by atoms with Crippen molar-refractivity contribution in [2.75, 3.05) is 18.6 Å². The molecule has 1 fully saturated rings. The number of aromatic nitrogens is 2. The van der Waals surface area contributed by atoms with E-state index in [-0.39, 0.29) is 11.8 Å². The van der Waals surface area contributed by atoms with E-state index in [9.17, 15) is 4.79 Å². The number of para-hydroxylation sites is 2. The standard InChI is InChI=1S/C21H20BrN3O2/c1-14(22)12-25-19-9-4-3-8-18(19)23-21(25)15-10-20(26)24(13-15)16-6-5-7-17(11-16)27-2/h3-9,11,15H,1,10,12-13H2,2H3/t15-/m1/s1. The second-order valence-electron chi connectivity index (χ2n) is 6.67. The fraction of sp³-hybridized carbons (Fsp3) is 0.238. The highest BCUT2D eigenvalue weighted by Crippen LogP contribution is 2.34. The van der Waals surface area contributed by atoms with Gasteiger partial charge in [0, 0.05) is 35.1 Å². The Morgan fingerprint density at radius 3 is 2.89 bits per heavy atom. The van der Waals surface area contributed by atoms with Crippen molar-refractivity contribution in [3.8, 4) is 5.75 Å². The molecule has 4 rings (SSSR count). The number of amides is 1. The molecule has 0 spiro atoms. The molecular weight excluding hydrogens is 406 g/mol. The van der Waals surface area contributed by atoms with Gasteiger partial charge in [-0.05, 0) is 24.3 Å². The van der Waals surface area contributed by atoms with Crippen LogP contribution in [0.3, 0.4) is 0 Å². The van der Waals surface area contributed by atoms with Crippen LogP contribution in [0.2, 0.25) is 0 Å². The number of imidazole rings is 1. The maximum absolute atomic E-state index is 12.7. The van der Waals surface area contributed by atoms with E-state index in [1.165, 1.54) is 0 Å². The number of halogens is 1. The second kappa shape index (κ2) is 7.19. The Balaban J connectivity index is 1.70. The molecule has 2 heterocycles. The molecule has 3 aromatic rings. The number of methoxy groups -OCH3 is 1. The largest absolute Gasteiger partial charge is 0.497 e. The number of nitrogens with zero attached hydrogens (tertiary/aromatic N) is 3. The zero-order valence-corrected chi connectivity index (χ0v) is 16.6. The molecule has 1 aliphatic rings. The lowest BCUT2D eigenvalue weighted by molar-refractivity contribution is -0.117. The molecule has 1 saturated heterocycles. The number of anilines is 1. The Bertz CT molecular complexity index is 1030. The molecule has 0 bridgehead atoms. The van der Waals surface area contributed by atoms with Crippen LogP contribution in [0.5, 0.6) is 5.75 Å². The van der Waals surface area contributed by atoms with Crippen molar-refractivity contribution in [2.24, 2.45) is 0 Å². The van der Waals surface area contributed by atoms with Gasteiger partial charge in [0.25, 0.3) is 0 Å². The highest BCUT2D eigenvalue weighted by molar-refractivity contribution is 9.11. The molecule has 0 unspecified atom stereocenters. The molecular formula is C21H20BrN3O2. The third-order valence-electron chi connectivity index (χ3n) is 4.87. The van der Waals surface area contributed by atoms with Crippen LogP contribution in [-0.2, 0) is 11.3 Å². The SMILES string of the molecule is C=C(Br)Cn1c([C@@H]2CC(=O)N(c3cccc(OC)c3)C2)nc2ccccc21. The van der Waals surface area contributed by atoms with Crippen molar-refractivity contribution < 1.29 is 9.53 Å². The minimum Gasteiger partial charge on any atom is -0.497 e. The summed E-state index contributed by atoms with van der Waals surface area (Å²) < 4.78 is 8.32. The number of ether oxygens (including phenoxy) is 1. The van der Waals surface area contributed by atoms with Gasteiger partial charge in [-0.1, -0.05) is 40.7 Å². The van der Waals surface area contributed by atoms with Gasteiger partial charge in [-0.25, -0.2) is 4.98 Å². The van der Waals surface area contributed by atoms with Crippen LogP contribution in [0.4, 0.5) is 5.69 Å². The molecule has 0 aliphatic carbocycles. The van der Waals surface area contributed by atoms with Crippen LogP contribution in [-0.4, -0.2) is 29.1 Å². The van der Waals surface area contributed by atoms with Crippen molar-refractivity contribution in [1.29, 1.82) is 0 Å². The third kappa shape index (κ3) is 3.37. The maximum Gasteiger partial charge on any atom is 0.227 e. The number of allylic oxidation sites excluding steroid dienone is 1. The topological polar surface area (TPSA) is 47.4 Å². The number of carbonyl (C=O) groups excluding carboxylic acids is 1. The Morgan fingerprint density at radius 1 is 1.30 bits per heavy atom. The molecule has 0 radical (unpaired) electrons. The number of hydrogen-bond acceptors (Lipinski definition) is 3. The van der Waals surface area contributed by atoms with Gasteiger partial charge < -0.3 is 14.2 Å². The summed E-state index contributed by atoms with van der Waals surface area (Å²) in [6, 6.07) is 15.6. The highest BCUT2D eigenvalue weighted by Gasteiger charge is 2.35.